The van der Waals surface area contributed by atoms with Gasteiger partial charge in [-0.15, -0.1) is 0 Å². The molecule has 2 N–H and O–H groups in total. The van der Waals surface area contributed by atoms with E-state index in [4.69, 9.17) is 0 Å². The van der Waals surface area contributed by atoms with Crippen molar-refractivity contribution < 1.29 is 9.18 Å². The Morgan fingerprint density at radius 3 is 2.62 bits per heavy atom. The lowest BCUT2D eigenvalue weighted by atomic mass is 10.2. The zero-order valence-corrected chi connectivity index (χ0v) is 13.4. The Balaban J connectivity index is 2.02. The van der Waals surface area contributed by atoms with Crippen LogP contribution in [0.5, 0.6) is 0 Å². The van der Waals surface area contributed by atoms with Gasteiger partial charge in [-0.05, 0) is 49.7 Å². The summed E-state index contributed by atoms with van der Waals surface area (Å²) in [7, 11) is 0. The van der Waals surface area contributed by atoms with Crippen LogP contribution >= 0.6 is 15.9 Å². The summed E-state index contributed by atoms with van der Waals surface area (Å²) in [5.74, 6) is -0.738. The minimum atomic E-state index is -0.481. The highest BCUT2D eigenvalue weighted by Gasteiger charge is 2.14. The van der Waals surface area contributed by atoms with Gasteiger partial charge in [0.15, 0.2) is 0 Å². The molecule has 0 aliphatic carbocycles. The van der Waals surface area contributed by atoms with Crippen molar-refractivity contribution in [3.63, 3.8) is 0 Å². The third-order valence-electron chi connectivity index (χ3n) is 3.07. The highest BCUT2D eigenvalue weighted by atomic mass is 79.9. The monoisotopic (exact) mass is 350 g/mol. The lowest BCUT2D eigenvalue weighted by molar-refractivity contribution is -0.116. The summed E-state index contributed by atoms with van der Waals surface area (Å²) in [5.41, 5.74) is 2.09. The number of nitrogens with one attached hydrogen (secondary N) is 2. The second-order valence-electron chi connectivity index (χ2n) is 4.80. The van der Waals surface area contributed by atoms with Gasteiger partial charge in [-0.2, -0.15) is 0 Å². The number of benzene rings is 2. The summed E-state index contributed by atoms with van der Waals surface area (Å²) in [6, 6.07) is 11.4. The molecule has 0 fully saturated rings. The van der Waals surface area contributed by atoms with Crippen LogP contribution in [0.15, 0.2) is 46.9 Å². The molecule has 5 heteroatoms. The normalized spacial score (nSPS) is 11.8. The maximum atomic E-state index is 13.5. The summed E-state index contributed by atoms with van der Waals surface area (Å²) in [4.78, 5) is 12.1. The number of anilines is 2. The van der Waals surface area contributed by atoms with Gasteiger partial charge in [0, 0.05) is 10.2 Å². The van der Waals surface area contributed by atoms with Gasteiger partial charge < -0.3 is 10.6 Å². The van der Waals surface area contributed by atoms with E-state index >= 15 is 0 Å². The molecule has 0 aliphatic heterocycles. The van der Waals surface area contributed by atoms with Crippen LogP contribution in [0.3, 0.4) is 0 Å². The van der Waals surface area contributed by atoms with Crippen molar-refractivity contribution in [1.29, 1.82) is 0 Å². The first-order valence-electron chi connectivity index (χ1n) is 6.55. The maximum Gasteiger partial charge on any atom is 0.246 e. The van der Waals surface area contributed by atoms with Gasteiger partial charge >= 0.3 is 0 Å². The van der Waals surface area contributed by atoms with E-state index < -0.39 is 11.9 Å². The number of aryl methyl sites for hydroxylation is 1. The molecule has 0 saturated carbocycles. The van der Waals surface area contributed by atoms with E-state index in [1.807, 2.05) is 25.1 Å². The van der Waals surface area contributed by atoms with Gasteiger partial charge in [0.1, 0.15) is 11.9 Å². The third-order valence-corrected chi connectivity index (χ3v) is 3.96. The minimum absolute atomic E-state index is 0.183. The lowest BCUT2D eigenvalue weighted by Crippen LogP contribution is -2.32. The zero-order valence-electron chi connectivity index (χ0n) is 11.8. The quantitative estimate of drug-likeness (QED) is 0.861. The van der Waals surface area contributed by atoms with Crippen molar-refractivity contribution in [2.75, 3.05) is 10.6 Å². The molecule has 110 valence electrons. The van der Waals surface area contributed by atoms with E-state index in [1.54, 1.807) is 19.1 Å². The molecule has 0 spiro atoms. The first kappa shape index (κ1) is 15.5. The highest BCUT2D eigenvalue weighted by Crippen LogP contribution is 2.21. The van der Waals surface area contributed by atoms with Gasteiger partial charge in [0.2, 0.25) is 5.91 Å². The van der Waals surface area contributed by atoms with Gasteiger partial charge in [-0.1, -0.05) is 28.1 Å². The molecule has 2 rings (SSSR count). The fourth-order valence-electron chi connectivity index (χ4n) is 1.85. The molecule has 2 aromatic carbocycles. The predicted octanol–water partition coefficient (Wildman–Crippen LogP) is 4.34. The molecule has 0 saturated heterocycles. The van der Waals surface area contributed by atoms with Crippen LogP contribution < -0.4 is 10.6 Å². The highest BCUT2D eigenvalue weighted by molar-refractivity contribution is 9.10. The summed E-state index contributed by atoms with van der Waals surface area (Å²) in [6.45, 7) is 3.70. The fraction of sp³-hybridized carbons (Fsp3) is 0.188. The fourth-order valence-corrected chi connectivity index (χ4v) is 2.10. The SMILES string of the molecule is Cc1cc(N[C@H](C)C(=O)Nc2ccccc2F)ccc1Br. The van der Waals surface area contributed by atoms with E-state index in [0.29, 0.717) is 0 Å². The second-order valence-corrected chi connectivity index (χ2v) is 5.65. The average molecular weight is 351 g/mol. The van der Waals surface area contributed by atoms with Crippen molar-refractivity contribution >= 4 is 33.2 Å². The van der Waals surface area contributed by atoms with Crippen LogP contribution in [0.1, 0.15) is 12.5 Å². The molecule has 3 nitrogen and oxygen atoms in total. The van der Waals surface area contributed by atoms with Crippen LogP contribution in [0.2, 0.25) is 0 Å². The molecule has 1 atom stereocenters. The first-order valence-corrected chi connectivity index (χ1v) is 7.35. The van der Waals surface area contributed by atoms with Crippen molar-refractivity contribution in [2.24, 2.45) is 0 Å². The Morgan fingerprint density at radius 2 is 1.95 bits per heavy atom. The van der Waals surface area contributed by atoms with Crippen molar-refractivity contribution in [1.82, 2.24) is 0 Å². The molecule has 0 aromatic heterocycles. The molecule has 0 bridgehead atoms. The lowest BCUT2D eigenvalue weighted by Gasteiger charge is -2.16. The van der Waals surface area contributed by atoms with E-state index in [9.17, 15) is 9.18 Å². The standard InChI is InChI=1S/C16H16BrFN2O/c1-10-9-12(7-8-13(10)17)19-11(2)16(21)20-15-6-4-3-5-14(15)18/h3-9,11,19H,1-2H3,(H,20,21)/t11-/m1/s1. The summed E-state index contributed by atoms with van der Waals surface area (Å²) in [6.07, 6.45) is 0. The van der Waals surface area contributed by atoms with Crippen LogP contribution in [-0.4, -0.2) is 11.9 Å². The number of carbonyl (C=O) groups excluding carboxylic acids is 1. The Bertz CT molecular complexity index is 660. The number of halogens is 2. The van der Waals surface area contributed by atoms with Crippen LogP contribution in [0.25, 0.3) is 0 Å². The van der Waals surface area contributed by atoms with Gasteiger partial charge in [0.25, 0.3) is 0 Å². The van der Waals surface area contributed by atoms with E-state index in [0.717, 1.165) is 15.7 Å². The maximum absolute atomic E-state index is 13.5. The van der Waals surface area contributed by atoms with Gasteiger partial charge in [0.05, 0.1) is 5.69 Å². The van der Waals surface area contributed by atoms with Crippen molar-refractivity contribution in [2.45, 2.75) is 19.9 Å². The first-order chi connectivity index (χ1) is 9.97. The average Bonchev–Trinajstić information content (AvgIpc) is 2.45. The molecule has 1 amide bonds. The van der Waals surface area contributed by atoms with Crippen LogP contribution in [0, 0.1) is 12.7 Å². The van der Waals surface area contributed by atoms with Crippen LogP contribution in [0.4, 0.5) is 15.8 Å². The number of hydrogen-bond acceptors (Lipinski definition) is 2. The summed E-state index contributed by atoms with van der Waals surface area (Å²) >= 11 is 3.43. The predicted molar refractivity (Wildman–Crippen MR) is 87.0 cm³/mol. The largest absolute Gasteiger partial charge is 0.374 e. The summed E-state index contributed by atoms with van der Waals surface area (Å²) in [5, 5.41) is 5.66. The Kier molecular flexibility index (Phi) is 4.96. The number of carbonyl (C=O) groups is 1. The third kappa shape index (κ3) is 4.04. The van der Waals surface area contributed by atoms with E-state index in [1.165, 1.54) is 12.1 Å². The smallest absolute Gasteiger partial charge is 0.246 e. The Hall–Kier alpha value is -1.88. The Morgan fingerprint density at radius 1 is 1.24 bits per heavy atom. The van der Waals surface area contributed by atoms with Crippen molar-refractivity contribution in [3.05, 3.63) is 58.3 Å². The molecule has 21 heavy (non-hydrogen) atoms. The molecular formula is C16H16BrFN2O. The number of hydrogen-bond donors (Lipinski definition) is 2. The number of amides is 1. The van der Waals surface area contributed by atoms with Gasteiger partial charge in [-0.3, -0.25) is 4.79 Å². The molecule has 0 heterocycles. The van der Waals surface area contributed by atoms with Crippen LogP contribution in [-0.2, 0) is 4.79 Å². The number of para-hydroxylation sites is 1. The molecule has 0 unspecified atom stereocenters. The molecule has 0 aliphatic rings. The molecule has 2 aromatic rings. The zero-order chi connectivity index (χ0) is 15.4. The second kappa shape index (κ2) is 6.72. The van der Waals surface area contributed by atoms with E-state index in [-0.39, 0.29) is 11.6 Å². The number of rotatable bonds is 4. The summed E-state index contributed by atoms with van der Waals surface area (Å²) < 4.78 is 14.5. The topological polar surface area (TPSA) is 41.1 Å². The van der Waals surface area contributed by atoms with E-state index in [2.05, 4.69) is 26.6 Å². The molecule has 0 radical (unpaired) electrons. The van der Waals surface area contributed by atoms with Gasteiger partial charge in [-0.25, -0.2) is 4.39 Å². The minimum Gasteiger partial charge on any atom is -0.374 e. The Labute approximate surface area is 131 Å². The molecular weight excluding hydrogens is 335 g/mol. The van der Waals surface area contributed by atoms with Crippen molar-refractivity contribution in [3.8, 4) is 0 Å².